The van der Waals surface area contributed by atoms with E-state index >= 15 is 0 Å². The molecule has 0 fully saturated rings. The summed E-state index contributed by atoms with van der Waals surface area (Å²) < 4.78 is 5.36. The molecule has 0 saturated carbocycles. The van der Waals surface area contributed by atoms with E-state index in [2.05, 4.69) is 36.8 Å². The van der Waals surface area contributed by atoms with Gasteiger partial charge in [-0.1, -0.05) is 20.8 Å². The van der Waals surface area contributed by atoms with Crippen LogP contribution in [-0.4, -0.2) is 17.1 Å². The number of aromatic nitrogens is 2. The van der Waals surface area contributed by atoms with E-state index in [1.54, 1.807) is 7.11 Å². The molecule has 4 nitrogen and oxygen atoms in total. The number of anilines is 1. The van der Waals surface area contributed by atoms with Gasteiger partial charge in [0.1, 0.15) is 5.75 Å². The van der Waals surface area contributed by atoms with Gasteiger partial charge in [-0.3, -0.25) is 0 Å². The average Bonchev–Trinajstić information content (AvgIpc) is 2.45. The van der Waals surface area contributed by atoms with Crippen LogP contribution in [0.5, 0.6) is 5.75 Å². The van der Waals surface area contributed by atoms with Crippen LogP contribution < -0.4 is 10.5 Å². The topological polar surface area (TPSA) is 61.0 Å². The van der Waals surface area contributed by atoms with Gasteiger partial charge in [0.15, 0.2) is 0 Å². The highest BCUT2D eigenvalue weighted by atomic mass is 16.5. The fourth-order valence-electron chi connectivity index (χ4n) is 2.14. The third-order valence-electron chi connectivity index (χ3n) is 3.31. The quantitative estimate of drug-likeness (QED) is 0.925. The Bertz CT molecular complexity index is 609. The largest absolute Gasteiger partial charge is 0.496 e. The van der Waals surface area contributed by atoms with Gasteiger partial charge < -0.3 is 10.5 Å². The molecule has 2 rings (SSSR count). The highest BCUT2D eigenvalue weighted by Crippen LogP contribution is 2.27. The fourth-order valence-corrected chi connectivity index (χ4v) is 2.14. The van der Waals surface area contributed by atoms with Crippen molar-refractivity contribution in [2.45, 2.75) is 33.1 Å². The molecule has 1 aromatic carbocycles. The van der Waals surface area contributed by atoms with Crippen LogP contribution in [0.4, 0.5) is 5.95 Å². The molecule has 0 aliphatic heterocycles. The number of nitrogen functional groups attached to an aromatic ring is 1. The van der Waals surface area contributed by atoms with E-state index in [9.17, 15) is 0 Å². The summed E-state index contributed by atoms with van der Waals surface area (Å²) in [6.45, 7) is 6.30. The Kier molecular flexibility index (Phi) is 4.23. The molecule has 0 aliphatic carbocycles. The summed E-state index contributed by atoms with van der Waals surface area (Å²) in [6, 6.07) is 8.08. The van der Waals surface area contributed by atoms with E-state index in [0.717, 1.165) is 34.7 Å². The first-order chi connectivity index (χ1) is 9.55. The molecule has 0 radical (unpaired) electrons. The van der Waals surface area contributed by atoms with E-state index < -0.39 is 0 Å². The van der Waals surface area contributed by atoms with Crippen LogP contribution in [0, 0.1) is 0 Å². The lowest BCUT2D eigenvalue weighted by atomic mass is 10.0. The summed E-state index contributed by atoms with van der Waals surface area (Å²) in [7, 11) is 1.69. The second-order valence-electron chi connectivity index (χ2n) is 5.07. The maximum absolute atomic E-state index is 5.81. The van der Waals surface area contributed by atoms with Gasteiger partial charge in [-0.05, 0) is 42.2 Å². The van der Waals surface area contributed by atoms with Crippen molar-refractivity contribution in [2.75, 3.05) is 12.8 Å². The predicted octanol–water partition coefficient (Wildman–Crippen LogP) is 3.42. The first-order valence-corrected chi connectivity index (χ1v) is 6.86. The van der Waals surface area contributed by atoms with Crippen molar-refractivity contribution in [3.8, 4) is 17.0 Å². The SMILES string of the molecule is CCc1cc(-c2cc(C(C)C)nc(N)n2)ccc1OC. The van der Waals surface area contributed by atoms with E-state index in [-0.39, 0.29) is 0 Å². The number of benzene rings is 1. The van der Waals surface area contributed by atoms with Gasteiger partial charge in [0.05, 0.1) is 12.8 Å². The summed E-state index contributed by atoms with van der Waals surface area (Å²) in [6.07, 6.45) is 0.911. The molecule has 2 N–H and O–H groups in total. The molecule has 0 unspecified atom stereocenters. The number of methoxy groups -OCH3 is 1. The zero-order chi connectivity index (χ0) is 14.7. The Labute approximate surface area is 120 Å². The summed E-state index contributed by atoms with van der Waals surface area (Å²) in [5.41, 5.74) is 9.83. The molecule has 0 bridgehead atoms. The number of hydrogen-bond donors (Lipinski definition) is 1. The molecule has 20 heavy (non-hydrogen) atoms. The number of aryl methyl sites for hydroxylation is 1. The first-order valence-electron chi connectivity index (χ1n) is 6.86. The number of rotatable bonds is 4. The van der Waals surface area contributed by atoms with Crippen LogP contribution in [0.15, 0.2) is 24.3 Å². The molecule has 0 spiro atoms. The van der Waals surface area contributed by atoms with E-state index in [4.69, 9.17) is 10.5 Å². The maximum Gasteiger partial charge on any atom is 0.220 e. The zero-order valence-corrected chi connectivity index (χ0v) is 12.5. The third-order valence-corrected chi connectivity index (χ3v) is 3.31. The summed E-state index contributed by atoms with van der Waals surface area (Å²) in [5, 5.41) is 0. The molecular weight excluding hydrogens is 250 g/mol. The molecule has 0 saturated heterocycles. The lowest BCUT2D eigenvalue weighted by molar-refractivity contribution is 0.410. The highest BCUT2D eigenvalue weighted by Gasteiger charge is 2.10. The number of nitrogens with two attached hydrogens (primary N) is 1. The Balaban J connectivity index is 2.51. The van der Waals surface area contributed by atoms with Crippen LogP contribution in [0.3, 0.4) is 0 Å². The van der Waals surface area contributed by atoms with Gasteiger partial charge in [-0.2, -0.15) is 0 Å². The van der Waals surface area contributed by atoms with Gasteiger partial charge in [0.2, 0.25) is 5.95 Å². The second-order valence-corrected chi connectivity index (χ2v) is 5.07. The van der Waals surface area contributed by atoms with Crippen molar-refractivity contribution in [3.05, 3.63) is 35.5 Å². The minimum Gasteiger partial charge on any atom is -0.496 e. The highest BCUT2D eigenvalue weighted by molar-refractivity contribution is 5.63. The van der Waals surface area contributed by atoms with Crippen LogP contribution in [0.25, 0.3) is 11.3 Å². The van der Waals surface area contributed by atoms with Crippen LogP contribution in [0.1, 0.15) is 37.9 Å². The first kappa shape index (κ1) is 14.3. The number of hydrogen-bond acceptors (Lipinski definition) is 4. The fraction of sp³-hybridized carbons (Fsp3) is 0.375. The monoisotopic (exact) mass is 271 g/mol. The molecule has 1 aromatic heterocycles. The molecule has 0 atom stereocenters. The van der Waals surface area contributed by atoms with Crippen LogP contribution >= 0.6 is 0 Å². The number of nitrogens with zero attached hydrogens (tertiary/aromatic N) is 2. The van der Waals surface area contributed by atoms with E-state index in [0.29, 0.717) is 11.9 Å². The van der Waals surface area contributed by atoms with Crippen molar-refractivity contribution in [2.24, 2.45) is 0 Å². The lowest BCUT2D eigenvalue weighted by Crippen LogP contribution is -2.02. The minimum atomic E-state index is 0.320. The zero-order valence-electron chi connectivity index (χ0n) is 12.5. The average molecular weight is 271 g/mol. The molecule has 106 valence electrons. The van der Waals surface area contributed by atoms with E-state index in [1.165, 1.54) is 0 Å². The smallest absolute Gasteiger partial charge is 0.220 e. The van der Waals surface area contributed by atoms with Crippen LogP contribution in [0.2, 0.25) is 0 Å². The Morgan fingerprint density at radius 3 is 2.55 bits per heavy atom. The molecule has 0 amide bonds. The second kappa shape index (κ2) is 5.90. The van der Waals surface area contributed by atoms with Crippen molar-refractivity contribution >= 4 is 5.95 Å². The normalized spacial score (nSPS) is 10.8. The summed E-state index contributed by atoms with van der Waals surface area (Å²) >= 11 is 0. The maximum atomic E-state index is 5.81. The summed E-state index contributed by atoms with van der Waals surface area (Å²) in [5.74, 6) is 1.55. The molecule has 0 aliphatic rings. The lowest BCUT2D eigenvalue weighted by Gasteiger charge is -2.11. The number of ether oxygens (including phenoxy) is 1. The summed E-state index contributed by atoms with van der Waals surface area (Å²) in [4.78, 5) is 8.62. The molecular formula is C16H21N3O. The predicted molar refractivity (Wildman–Crippen MR) is 81.9 cm³/mol. The molecule has 1 heterocycles. The van der Waals surface area contributed by atoms with Crippen LogP contribution in [-0.2, 0) is 6.42 Å². The van der Waals surface area contributed by atoms with Gasteiger partial charge >= 0.3 is 0 Å². The Hall–Kier alpha value is -2.10. The van der Waals surface area contributed by atoms with Gasteiger partial charge in [0, 0.05) is 11.3 Å². The minimum absolute atomic E-state index is 0.320. The van der Waals surface area contributed by atoms with Gasteiger partial charge in [0.25, 0.3) is 0 Å². The van der Waals surface area contributed by atoms with Crippen molar-refractivity contribution in [3.63, 3.8) is 0 Å². The molecule has 2 aromatic rings. The van der Waals surface area contributed by atoms with Crippen molar-refractivity contribution in [1.82, 2.24) is 9.97 Å². The van der Waals surface area contributed by atoms with Crippen molar-refractivity contribution < 1.29 is 4.74 Å². The van der Waals surface area contributed by atoms with Crippen molar-refractivity contribution in [1.29, 1.82) is 0 Å². The van der Waals surface area contributed by atoms with E-state index in [1.807, 2.05) is 18.2 Å². The molecule has 4 heteroatoms. The van der Waals surface area contributed by atoms with Gasteiger partial charge in [-0.15, -0.1) is 0 Å². The Morgan fingerprint density at radius 1 is 1.20 bits per heavy atom. The Morgan fingerprint density at radius 2 is 1.95 bits per heavy atom. The van der Waals surface area contributed by atoms with Gasteiger partial charge in [-0.25, -0.2) is 9.97 Å². The third kappa shape index (κ3) is 2.90. The standard InChI is InChI=1S/C16H21N3O/c1-5-11-8-12(6-7-15(11)20-4)14-9-13(10(2)3)18-16(17)19-14/h6-10H,5H2,1-4H3,(H2,17,18,19).